The molecule has 0 aliphatic carbocycles. The monoisotopic (exact) mass is 142 g/mol. The van der Waals surface area contributed by atoms with Gasteiger partial charge in [-0.25, -0.2) is 5.43 Å². The molecule has 1 rings (SSSR count). The summed E-state index contributed by atoms with van der Waals surface area (Å²) in [7, 11) is 4.23. The summed E-state index contributed by atoms with van der Waals surface area (Å²) >= 11 is 0. The van der Waals surface area contributed by atoms with Gasteiger partial charge in [-0.2, -0.15) is 5.43 Å². The number of hydrogen-bond acceptors (Lipinski definition) is 2. The maximum absolute atomic E-state index is 4.13. The lowest BCUT2D eigenvalue weighted by atomic mass is 10.0. The van der Waals surface area contributed by atoms with Crippen LogP contribution >= 0.6 is 0 Å². The van der Waals surface area contributed by atoms with E-state index in [1.54, 1.807) is 0 Å². The van der Waals surface area contributed by atoms with Gasteiger partial charge in [0, 0.05) is 19.6 Å². The van der Waals surface area contributed by atoms with E-state index < -0.39 is 0 Å². The fourth-order valence-corrected chi connectivity index (χ4v) is 1.30. The van der Waals surface area contributed by atoms with Crippen LogP contribution in [0, 0.1) is 5.92 Å². The molecule has 0 aromatic rings. The molecule has 59 valence electrons. The molecule has 10 heavy (non-hydrogen) atoms. The van der Waals surface area contributed by atoms with Crippen LogP contribution in [0.5, 0.6) is 0 Å². The Kier molecular flexibility index (Phi) is 3.12. The van der Waals surface area contributed by atoms with Gasteiger partial charge in [-0.1, -0.05) is 0 Å². The quantitative estimate of drug-likeness (QED) is 0.572. The summed E-state index contributed by atoms with van der Waals surface area (Å²) in [5.74, 6) is 0.774. The molecule has 0 aromatic heterocycles. The molecule has 0 spiro atoms. The van der Waals surface area contributed by atoms with Gasteiger partial charge in [0.25, 0.3) is 0 Å². The summed E-state index contributed by atoms with van der Waals surface area (Å²) in [6.45, 7) is 3.21. The van der Waals surface area contributed by atoms with Gasteiger partial charge in [0.2, 0.25) is 0 Å². The summed E-state index contributed by atoms with van der Waals surface area (Å²) in [4.78, 5) is 2.23. The minimum absolute atomic E-state index is 0.774. The van der Waals surface area contributed by atoms with E-state index in [2.05, 4.69) is 29.8 Å². The van der Waals surface area contributed by atoms with Crippen LogP contribution in [0.1, 0.15) is 6.42 Å². The van der Waals surface area contributed by atoms with Gasteiger partial charge in [0.15, 0.2) is 0 Å². The van der Waals surface area contributed by atoms with Crippen molar-refractivity contribution in [3.8, 4) is 0 Å². The molecular weight excluding hydrogens is 126 g/mol. The largest absolute Gasteiger partial charge is 0.309 e. The molecule has 1 fully saturated rings. The van der Waals surface area contributed by atoms with E-state index >= 15 is 0 Å². The minimum atomic E-state index is 0.774. The van der Waals surface area contributed by atoms with E-state index in [1.165, 1.54) is 13.0 Å². The molecule has 1 aliphatic heterocycles. The van der Waals surface area contributed by atoms with Gasteiger partial charge in [-0.3, -0.25) is 0 Å². The van der Waals surface area contributed by atoms with Crippen molar-refractivity contribution >= 4 is 0 Å². The summed E-state index contributed by atoms with van der Waals surface area (Å²) in [5, 5.41) is 0. The summed E-state index contributed by atoms with van der Waals surface area (Å²) in [6.07, 6.45) is 1.27. The van der Waals surface area contributed by atoms with Crippen LogP contribution in [0.4, 0.5) is 0 Å². The van der Waals surface area contributed by atoms with Crippen LogP contribution in [0.25, 0.3) is 0 Å². The Hall–Kier alpha value is -0.120. The third kappa shape index (κ3) is 2.64. The summed E-state index contributed by atoms with van der Waals surface area (Å²) in [6, 6.07) is 0. The van der Waals surface area contributed by atoms with Crippen LogP contribution in [0.15, 0.2) is 0 Å². The Morgan fingerprint density at radius 2 is 2.40 bits per heavy atom. The van der Waals surface area contributed by atoms with Gasteiger partial charge in [0.1, 0.15) is 0 Å². The van der Waals surface area contributed by atoms with Crippen molar-refractivity contribution < 1.29 is 0 Å². The number of nitrogens with one attached hydrogen (secondary N) is 1. The standard InChI is InChI=1S/C7H16N3/c1-10(2)6-7-3-4-8-9-5-7/h7-8H,3-6H2,1-2H3. The zero-order valence-corrected chi connectivity index (χ0v) is 6.80. The summed E-state index contributed by atoms with van der Waals surface area (Å²) in [5.41, 5.74) is 7.13. The van der Waals surface area contributed by atoms with Crippen molar-refractivity contribution in [2.24, 2.45) is 5.92 Å². The van der Waals surface area contributed by atoms with Gasteiger partial charge < -0.3 is 4.90 Å². The highest BCUT2D eigenvalue weighted by Gasteiger charge is 2.13. The van der Waals surface area contributed by atoms with E-state index in [0.717, 1.165) is 19.0 Å². The molecule has 3 heteroatoms. The van der Waals surface area contributed by atoms with Crippen LogP contribution < -0.4 is 10.9 Å². The predicted molar refractivity (Wildman–Crippen MR) is 41.7 cm³/mol. The number of rotatable bonds is 2. The van der Waals surface area contributed by atoms with Crippen molar-refractivity contribution in [2.75, 3.05) is 33.7 Å². The average Bonchev–Trinajstić information content (AvgIpc) is 1.88. The molecule has 1 saturated heterocycles. The molecular formula is C7H16N3. The SMILES string of the molecule is CN(C)CC1CCN[N]C1. The van der Waals surface area contributed by atoms with Crippen molar-refractivity contribution in [1.29, 1.82) is 0 Å². The van der Waals surface area contributed by atoms with Crippen molar-refractivity contribution in [1.82, 2.24) is 15.8 Å². The second-order valence-corrected chi connectivity index (χ2v) is 3.17. The first-order valence-corrected chi connectivity index (χ1v) is 3.83. The molecule has 0 bridgehead atoms. The second-order valence-electron chi connectivity index (χ2n) is 3.17. The van der Waals surface area contributed by atoms with E-state index in [9.17, 15) is 0 Å². The van der Waals surface area contributed by atoms with Crippen LogP contribution in [0.2, 0.25) is 0 Å². The average molecular weight is 142 g/mol. The summed E-state index contributed by atoms with van der Waals surface area (Å²) < 4.78 is 0. The molecule has 1 atom stereocenters. The lowest BCUT2D eigenvalue weighted by molar-refractivity contribution is 0.255. The first kappa shape index (κ1) is 7.98. The molecule has 3 nitrogen and oxygen atoms in total. The zero-order chi connectivity index (χ0) is 7.40. The fourth-order valence-electron chi connectivity index (χ4n) is 1.30. The molecule has 0 saturated carbocycles. The highest BCUT2D eigenvalue weighted by molar-refractivity contribution is 4.68. The van der Waals surface area contributed by atoms with Crippen molar-refractivity contribution in [3.05, 3.63) is 0 Å². The third-order valence-electron chi connectivity index (χ3n) is 1.75. The first-order chi connectivity index (χ1) is 4.79. The van der Waals surface area contributed by atoms with Gasteiger partial charge in [-0.05, 0) is 26.4 Å². The number of nitrogens with zero attached hydrogens (tertiary/aromatic N) is 2. The van der Waals surface area contributed by atoms with Crippen LogP contribution in [-0.4, -0.2) is 38.6 Å². The molecule has 1 heterocycles. The smallest absolute Gasteiger partial charge is 0.0345 e. The van der Waals surface area contributed by atoms with Gasteiger partial charge in [0.05, 0.1) is 0 Å². The van der Waals surface area contributed by atoms with E-state index in [-0.39, 0.29) is 0 Å². The fraction of sp³-hybridized carbons (Fsp3) is 1.00. The van der Waals surface area contributed by atoms with Crippen molar-refractivity contribution in [3.63, 3.8) is 0 Å². The van der Waals surface area contributed by atoms with Crippen molar-refractivity contribution in [2.45, 2.75) is 6.42 Å². The molecule has 0 amide bonds. The van der Waals surface area contributed by atoms with Gasteiger partial charge in [-0.15, -0.1) is 0 Å². The molecule has 1 unspecified atom stereocenters. The molecule has 1 aliphatic rings. The predicted octanol–water partition coefficient (Wildman–Crippen LogP) is -0.323. The lowest BCUT2D eigenvalue weighted by Gasteiger charge is -2.24. The Morgan fingerprint density at radius 3 is 2.90 bits per heavy atom. The Bertz CT molecular complexity index is 86.9. The van der Waals surface area contributed by atoms with Crippen LogP contribution in [-0.2, 0) is 0 Å². The maximum atomic E-state index is 4.13. The van der Waals surface area contributed by atoms with E-state index in [1.807, 2.05) is 0 Å². The Balaban J connectivity index is 2.13. The minimum Gasteiger partial charge on any atom is -0.309 e. The normalized spacial score (nSPS) is 27.3. The zero-order valence-electron chi connectivity index (χ0n) is 6.80. The van der Waals surface area contributed by atoms with E-state index in [0.29, 0.717) is 0 Å². The van der Waals surface area contributed by atoms with Crippen LogP contribution in [0.3, 0.4) is 0 Å². The lowest BCUT2D eigenvalue weighted by Crippen LogP contribution is -2.40. The first-order valence-electron chi connectivity index (χ1n) is 3.83. The topological polar surface area (TPSA) is 29.4 Å². The molecule has 1 N–H and O–H groups in total. The Labute approximate surface area is 62.8 Å². The maximum Gasteiger partial charge on any atom is 0.0345 e. The third-order valence-corrected chi connectivity index (χ3v) is 1.75. The van der Waals surface area contributed by atoms with E-state index in [4.69, 9.17) is 0 Å². The number of hydrogen-bond donors (Lipinski definition) is 1. The second kappa shape index (κ2) is 3.91. The Morgan fingerprint density at radius 1 is 1.60 bits per heavy atom. The highest BCUT2D eigenvalue weighted by Crippen LogP contribution is 2.04. The molecule has 1 radical (unpaired) electrons. The highest BCUT2D eigenvalue weighted by atomic mass is 15.4. The van der Waals surface area contributed by atoms with Gasteiger partial charge >= 0.3 is 0 Å². The molecule has 0 aromatic carbocycles.